The summed E-state index contributed by atoms with van der Waals surface area (Å²) in [5.41, 5.74) is 10.6. The molecule has 0 aliphatic carbocycles. The predicted octanol–water partition coefficient (Wildman–Crippen LogP) is 4.00. The van der Waals surface area contributed by atoms with Crippen LogP contribution in [-0.2, 0) is 7.05 Å². The molecule has 7 nitrogen and oxygen atoms in total. The van der Waals surface area contributed by atoms with Crippen molar-refractivity contribution in [3.8, 4) is 11.3 Å². The molecular weight excluding hydrogens is 438 g/mol. The molecule has 0 saturated carbocycles. The van der Waals surface area contributed by atoms with Gasteiger partial charge >= 0.3 is 0 Å². The van der Waals surface area contributed by atoms with E-state index in [2.05, 4.69) is 51.7 Å². The molecule has 2 aromatic heterocycles. The monoisotopic (exact) mass is 467 g/mol. The van der Waals surface area contributed by atoms with Crippen LogP contribution in [0.2, 0.25) is 0 Å². The second-order valence-corrected chi connectivity index (χ2v) is 9.07. The Kier molecular flexibility index (Phi) is 5.99. The average molecular weight is 468 g/mol. The number of benzene rings is 2. The van der Waals surface area contributed by atoms with Crippen LogP contribution in [0.15, 0.2) is 66.9 Å². The van der Waals surface area contributed by atoms with Crippen molar-refractivity contribution in [2.24, 2.45) is 12.8 Å². The van der Waals surface area contributed by atoms with Crippen LogP contribution in [-0.4, -0.2) is 52.4 Å². The maximum Gasteiger partial charge on any atom is 0.256 e. The first-order valence-corrected chi connectivity index (χ1v) is 11.9. The van der Waals surface area contributed by atoms with E-state index >= 15 is 0 Å². The summed E-state index contributed by atoms with van der Waals surface area (Å²) in [6.45, 7) is 4.77. The summed E-state index contributed by atoms with van der Waals surface area (Å²) < 4.78 is 2.13. The van der Waals surface area contributed by atoms with Gasteiger partial charge in [0.2, 0.25) is 5.91 Å². The maximum absolute atomic E-state index is 14.1. The van der Waals surface area contributed by atoms with Gasteiger partial charge in [-0.25, -0.2) is 4.98 Å². The van der Waals surface area contributed by atoms with Crippen molar-refractivity contribution in [3.63, 3.8) is 0 Å². The number of nitrogens with two attached hydrogens (primary N) is 1. The molecule has 0 radical (unpaired) electrons. The van der Waals surface area contributed by atoms with Gasteiger partial charge < -0.3 is 20.1 Å². The number of aromatic nitrogens is 2. The van der Waals surface area contributed by atoms with E-state index in [0.29, 0.717) is 25.2 Å². The fourth-order valence-electron chi connectivity index (χ4n) is 4.94. The predicted molar refractivity (Wildman–Crippen MR) is 139 cm³/mol. The first-order valence-electron chi connectivity index (χ1n) is 11.9. The number of carbonyl (C=O) groups excluding carboxylic acids is 2. The number of amides is 2. The molecule has 2 amide bonds. The zero-order valence-electron chi connectivity index (χ0n) is 20.1. The van der Waals surface area contributed by atoms with Crippen LogP contribution in [0.5, 0.6) is 0 Å². The third-order valence-electron chi connectivity index (χ3n) is 6.76. The van der Waals surface area contributed by atoms with Crippen molar-refractivity contribution < 1.29 is 9.59 Å². The first-order chi connectivity index (χ1) is 16.9. The molecule has 1 saturated heterocycles. The molecule has 4 aromatic rings. The third-order valence-corrected chi connectivity index (χ3v) is 6.76. The molecule has 2 N–H and O–H groups in total. The Morgan fingerprint density at radius 3 is 2.46 bits per heavy atom. The zero-order chi connectivity index (χ0) is 24.5. The van der Waals surface area contributed by atoms with Crippen LogP contribution < -0.4 is 10.6 Å². The third kappa shape index (κ3) is 4.25. The van der Waals surface area contributed by atoms with Gasteiger partial charge in [0, 0.05) is 50.3 Å². The number of fused-ring (bicyclic) bond motifs is 1. The molecule has 3 heterocycles. The summed E-state index contributed by atoms with van der Waals surface area (Å²) in [6, 6.07) is 19.9. The minimum atomic E-state index is -0.490. The Morgan fingerprint density at radius 1 is 0.943 bits per heavy atom. The van der Waals surface area contributed by atoms with Gasteiger partial charge in [-0.2, -0.15) is 0 Å². The number of carbonyl (C=O) groups is 2. The quantitative estimate of drug-likeness (QED) is 0.492. The molecule has 1 aliphatic heterocycles. The van der Waals surface area contributed by atoms with E-state index in [1.807, 2.05) is 36.2 Å². The molecule has 0 unspecified atom stereocenters. The van der Waals surface area contributed by atoms with Gasteiger partial charge in [0.1, 0.15) is 5.82 Å². The minimum Gasteiger partial charge on any atom is -0.366 e. The summed E-state index contributed by atoms with van der Waals surface area (Å²) in [6.07, 6.45) is 2.34. The fourth-order valence-corrected chi connectivity index (χ4v) is 4.94. The van der Waals surface area contributed by atoms with Crippen molar-refractivity contribution >= 4 is 28.5 Å². The van der Waals surface area contributed by atoms with Crippen molar-refractivity contribution in [3.05, 3.63) is 83.6 Å². The van der Waals surface area contributed by atoms with Gasteiger partial charge in [-0.3, -0.25) is 9.59 Å². The topological polar surface area (TPSA) is 84.5 Å². The van der Waals surface area contributed by atoms with Crippen LogP contribution in [0.1, 0.15) is 32.7 Å². The fraction of sp³-hybridized carbons (Fsp3) is 0.250. The normalized spacial score (nSPS) is 14.2. The van der Waals surface area contributed by atoms with Gasteiger partial charge in [-0.15, -0.1) is 0 Å². The van der Waals surface area contributed by atoms with E-state index in [4.69, 9.17) is 5.73 Å². The van der Waals surface area contributed by atoms with Crippen molar-refractivity contribution in [1.29, 1.82) is 0 Å². The molecule has 35 heavy (non-hydrogen) atoms. The molecule has 5 rings (SSSR count). The number of hydrogen-bond acceptors (Lipinski definition) is 4. The highest BCUT2D eigenvalue weighted by Crippen LogP contribution is 2.34. The standard InChI is InChI=1S/C28H29N5O2/c1-19-9-11-23-22(17-19)25(26(31(23)2)20-7-4-3-5-8-20)28(35)33-14-6-13-32(15-16-33)24-12-10-21(18-30-24)27(29)34/h3-5,7-12,17-18H,6,13-16H2,1-2H3,(H2,29,34). The second kappa shape index (κ2) is 9.25. The van der Waals surface area contributed by atoms with E-state index in [-0.39, 0.29) is 5.91 Å². The molecule has 0 bridgehead atoms. The van der Waals surface area contributed by atoms with E-state index in [1.54, 1.807) is 6.07 Å². The summed E-state index contributed by atoms with van der Waals surface area (Å²) in [5.74, 6) is 0.352. The Balaban J connectivity index is 1.47. The van der Waals surface area contributed by atoms with Gasteiger partial charge in [-0.05, 0) is 43.2 Å². The number of pyridine rings is 1. The summed E-state index contributed by atoms with van der Waals surface area (Å²) in [4.78, 5) is 34.0. The highest BCUT2D eigenvalue weighted by molar-refractivity contribution is 6.13. The Morgan fingerprint density at radius 2 is 1.74 bits per heavy atom. The van der Waals surface area contributed by atoms with Crippen molar-refractivity contribution in [2.45, 2.75) is 13.3 Å². The second-order valence-electron chi connectivity index (χ2n) is 9.07. The molecule has 7 heteroatoms. The molecule has 1 fully saturated rings. The van der Waals surface area contributed by atoms with Crippen LogP contribution >= 0.6 is 0 Å². The average Bonchev–Trinajstić information content (AvgIpc) is 3.01. The summed E-state index contributed by atoms with van der Waals surface area (Å²) in [5, 5.41) is 0.987. The highest BCUT2D eigenvalue weighted by atomic mass is 16.2. The minimum absolute atomic E-state index is 0.0546. The van der Waals surface area contributed by atoms with Crippen LogP contribution in [0.4, 0.5) is 5.82 Å². The van der Waals surface area contributed by atoms with Crippen molar-refractivity contribution in [2.75, 3.05) is 31.1 Å². The van der Waals surface area contributed by atoms with Gasteiger partial charge in [0.05, 0.1) is 16.8 Å². The maximum atomic E-state index is 14.1. The largest absolute Gasteiger partial charge is 0.366 e. The summed E-state index contributed by atoms with van der Waals surface area (Å²) in [7, 11) is 2.03. The van der Waals surface area contributed by atoms with Gasteiger partial charge in [0.15, 0.2) is 0 Å². The Hall–Kier alpha value is -4.13. The number of aryl methyl sites for hydroxylation is 2. The molecule has 1 aliphatic rings. The number of nitrogens with zero attached hydrogens (tertiary/aromatic N) is 4. The first kappa shape index (κ1) is 22.7. The number of anilines is 1. The van der Waals surface area contributed by atoms with E-state index in [9.17, 15) is 9.59 Å². The molecule has 0 spiro atoms. The molecule has 0 atom stereocenters. The molecule has 178 valence electrons. The smallest absolute Gasteiger partial charge is 0.256 e. The van der Waals surface area contributed by atoms with Gasteiger partial charge in [0.25, 0.3) is 5.91 Å². The van der Waals surface area contributed by atoms with E-state index in [0.717, 1.165) is 52.1 Å². The summed E-state index contributed by atoms with van der Waals surface area (Å²) >= 11 is 0. The Labute approximate surface area is 204 Å². The number of rotatable bonds is 4. The van der Waals surface area contributed by atoms with Crippen molar-refractivity contribution in [1.82, 2.24) is 14.5 Å². The molecular formula is C28H29N5O2. The lowest BCUT2D eigenvalue weighted by molar-refractivity contribution is 0.0769. The zero-order valence-corrected chi connectivity index (χ0v) is 20.1. The SMILES string of the molecule is Cc1ccc2c(c1)c(C(=O)N1CCCN(c3ccc(C(N)=O)cn3)CC1)c(-c1ccccc1)n2C. The Bertz CT molecular complexity index is 1390. The van der Waals surface area contributed by atoms with E-state index in [1.165, 1.54) is 6.20 Å². The lowest BCUT2D eigenvalue weighted by Crippen LogP contribution is -2.35. The van der Waals surface area contributed by atoms with Gasteiger partial charge in [-0.1, -0.05) is 42.0 Å². The number of hydrogen-bond donors (Lipinski definition) is 1. The lowest BCUT2D eigenvalue weighted by atomic mass is 10.0. The highest BCUT2D eigenvalue weighted by Gasteiger charge is 2.28. The van der Waals surface area contributed by atoms with E-state index < -0.39 is 5.91 Å². The van der Waals surface area contributed by atoms with Crippen LogP contribution in [0, 0.1) is 6.92 Å². The molecule has 2 aromatic carbocycles. The number of primary amides is 1. The lowest BCUT2D eigenvalue weighted by Gasteiger charge is -2.23. The van der Waals surface area contributed by atoms with Crippen LogP contribution in [0.25, 0.3) is 22.2 Å². The van der Waals surface area contributed by atoms with Crippen LogP contribution in [0.3, 0.4) is 0 Å².